The molecule has 37 heavy (non-hydrogen) atoms. The molecule has 0 N–H and O–H groups in total. The largest absolute Gasteiger partial charge is 0.263 e. The molecule has 0 aliphatic heterocycles. The van der Waals surface area contributed by atoms with Crippen LogP contribution < -0.4 is 0 Å². The standard InChI is InChI=1S/C35H21NS/c1-2-8-25-24(7-1)26-9-3-4-11-28(26)30-15-13-22(19-32(30)29-12-6-5-10-27(25)29)23-14-16-34-33(20-23)31-17-18-36-21-35(31)37-34/h1-21H. The van der Waals surface area contributed by atoms with E-state index in [0.29, 0.717) is 0 Å². The zero-order valence-corrected chi connectivity index (χ0v) is 20.8. The van der Waals surface area contributed by atoms with Crippen LogP contribution in [0.3, 0.4) is 0 Å². The fraction of sp³-hybridized carbons (Fsp3) is 0. The highest BCUT2D eigenvalue weighted by molar-refractivity contribution is 7.25. The highest BCUT2D eigenvalue weighted by Crippen LogP contribution is 2.48. The Morgan fingerprint density at radius 3 is 1.54 bits per heavy atom. The number of fused-ring (bicyclic) bond motifs is 11. The molecule has 0 radical (unpaired) electrons. The Labute approximate surface area is 219 Å². The van der Waals surface area contributed by atoms with Crippen LogP contribution in [-0.2, 0) is 0 Å². The van der Waals surface area contributed by atoms with Gasteiger partial charge in [0.15, 0.2) is 0 Å². The van der Waals surface area contributed by atoms with E-state index in [9.17, 15) is 0 Å². The summed E-state index contributed by atoms with van der Waals surface area (Å²) in [5.41, 5.74) is 12.7. The Morgan fingerprint density at radius 1 is 0.405 bits per heavy atom. The quantitative estimate of drug-likeness (QED) is 0.224. The maximum absolute atomic E-state index is 4.32. The third-order valence-corrected chi connectivity index (χ3v) is 8.69. The van der Waals surface area contributed by atoms with Crippen LogP contribution in [0, 0.1) is 0 Å². The summed E-state index contributed by atoms with van der Waals surface area (Å²) < 4.78 is 2.53. The van der Waals surface area contributed by atoms with Gasteiger partial charge in [-0.25, -0.2) is 0 Å². The van der Waals surface area contributed by atoms with Gasteiger partial charge in [-0.15, -0.1) is 11.3 Å². The van der Waals surface area contributed by atoms with Crippen LogP contribution in [-0.4, -0.2) is 4.98 Å². The molecular weight excluding hydrogens is 466 g/mol. The first-order valence-corrected chi connectivity index (χ1v) is 13.4. The number of hydrogen-bond acceptors (Lipinski definition) is 2. The zero-order valence-electron chi connectivity index (χ0n) is 20.0. The Bertz CT molecular complexity index is 1990. The van der Waals surface area contributed by atoms with Crippen molar-refractivity contribution in [1.82, 2.24) is 4.98 Å². The summed E-state index contributed by atoms with van der Waals surface area (Å²) in [5.74, 6) is 0. The molecular formula is C35H21NS. The van der Waals surface area contributed by atoms with Gasteiger partial charge < -0.3 is 0 Å². The van der Waals surface area contributed by atoms with Crippen molar-refractivity contribution in [3.8, 4) is 55.6 Å². The van der Waals surface area contributed by atoms with E-state index in [1.165, 1.54) is 75.8 Å². The minimum atomic E-state index is 1.23. The lowest BCUT2D eigenvalue weighted by Gasteiger charge is -2.23. The molecule has 8 rings (SSSR count). The monoisotopic (exact) mass is 487 g/mol. The number of hydrogen-bond donors (Lipinski definition) is 0. The second-order valence-electron chi connectivity index (χ2n) is 9.58. The third-order valence-electron chi connectivity index (χ3n) is 7.57. The molecule has 172 valence electrons. The lowest BCUT2D eigenvalue weighted by Crippen LogP contribution is -1.97. The van der Waals surface area contributed by atoms with Crippen molar-refractivity contribution in [2.24, 2.45) is 0 Å². The second-order valence-corrected chi connectivity index (χ2v) is 10.7. The molecule has 7 aromatic rings. The number of nitrogens with zero attached hydrogens (tertiary/aromatic N) is 1. The van der Waals surface area contributed by atoms with Crippen LogP contribution in [0.1, 0.15) is 0 Å². The molecule has 2 aromatic heterocycles. The van der Waals surface area contributed by atoms with Crippen LogP contribution in [0.2, 0.25) is 0 Å². The van der Waals surface area contributed by atoms with Gasteiger partial charge in [-0.05, 0) is 79.9 Å². The molecule has 0 amide bonds. The van der Waals surface area contributed by atoms with Crippen molar-refractivity contribution < 1.29 is 0 Å². The first-order chi connectivity index (χ1) is 18.3. The van der Waals surface area contributed by atoms with Gasteiger partial charge in [-0.2, -0.15) is 0 Å². The lowest BCUT2D eigenvalue weighted by molar-refractivity contribution is 1.37. The van der Waals surface area contributed by atoms with E-state index in [4.69, 9.17) is 0 Å². The predicted molar refractivity (Wildman–Crippen MR) is 158 cm³/mol. The Morgan fingerprint density at radius 2 is 0.919 bits per heavy atom. The molecule has 0 spiro atoms. The number of rotatable bonds is 1. The molecule has 2 heterocycles. The van der Waals surface area contributed by atoms with Crippen molar-refractivity contribution in [3.05, 3.63) is 128 Å². The summed E-state index contributed by atoms with van der Waals surface area (Å²) in [6, 6.07) is 42.4. The molecule has 1 nitrogen and oxygen atoms in total. The number of pyridine rings is 1. The van der Waals surface area contributed by atoms with Crippen molar-refractivity contribution in [2.75, 3.05) is 0 Å². The molecule has 0 fully saturated rings. The van der Waals surface area contributed by atoms with E-state index >= 15 is 0 Å². The van der Waals surface area contributed by atoms with Crippen LogP contribution in [0.25, 0.3) is 75.8 Å². The molecule has 0 saturated carbocycles. The number of thiophene rings is 1. The van der Waals surface area contributed by atoms with Crippen molar-refractivity contribution in [2.45, 2.75) is 0 Å². The summed E-state index contributed by atoms with van der Waals surface area (Å²) in [4.78, 5) is 4.32. The van der Waals surface area contributed by atoms with Crippen LogP contribution in [0.4, 0.5) is 0 Å². The summed E-state index contributed by atoms with van der Waals surface area (Å²) in [6.45, 7) is 0. The van der Waals surface area contributed by atoms with Gasteiger partial charge in [0, 0.05) is 27.9 Å². The van der Waals surface area contributed by atoms with Gasteiger partial charge in [0.1, 0.15) is 0 Å². The van der Waals surface area contributed by atoms with Crippen LogP contribution >= 0.6 is 11.3 Å². The molecule has 1 aliphatic carbocycles. The van der Waals surface area contributed by atoms with Gasteiger partial charge in [0.25, 0.3) is 0 Å². The maximum Gasteiger partial charge on any atom is 0.0538 e. The lowest BCUT2D eigenvalue weighted by atomic mass is 9.80. The Hall–Kier alpha value is -4.53. The molecule has 0 saturated heterocycles. The third kappa shape index (κ3) is 3.13. The molecule has 0 atom stereocenters. The molecule has 0 bridgehead atoms. The highest BCUT2D eigenvalue weighted by Gasteiger charge is 2.21. The van der Waals surface area contributed by atoms with Crippen molar-refractivity contribution in [1.29, 1.82) is 0 Å². The SMILES string of the molecule is c1ccc2c(c1)-c1ccccc1-c1ccc(-c3ccc4sc5cnccc5c4c3)cc1-c1ccccc1-2. The van der Waals surface area contributed by atoms with Gasteiger partial charge in [-0.3, -0.25) is 4.98 Å². The molecule has 1 aliphatic rings. The summed E-state index contributed by atoms with van der Waals surface area (Å²) >= 11 is 1.81. The topological polar surface area (TPSA) is 12.9 Å². The van der Waals surface area contributed by atoms with E-state index in [1.54, 1.807) is 0 Å². The summed E-state index contributed by atoms with van der Waals surface area (Å²) in [7, 11) is 0. The first-order valence-electron chi connectivity index (χ1n) is 12.5. The predicted octanol–water partition coefficient (Wildman–Crippen LogP) is 10.1. The normalized spacial score (nSPS) is 11.8. The Balaban J connectivity index is 1.41. The Kier molecular flexibility index (Phi) is 4.46. The minimum Gasteiger partial charge on any atom is -0.263 e. The van der Waals surface area contributed by atoms with Gasteiger partial charge in [0.05, 0.1) is 4.70 Å². The van der Waals surface area contributed by atoms with E-state index < -0.39 is 0 Å². The number of aromatic nitrogens is 1. The average Bonchev–Trinajstić information content (AvgIpc) is 3.34. The fourth-order valence-electron chi connectivity index (χ4n) is 5.85. The van der Waals surface area contributed by atoms with Crippen LogP contribution in [0.15, 0.2) is 128 Å². The van der Waals surface area contributed by atoms with Gasteiger partial charge in [-0.1, -0.05) is 91.0 Å². The van der Waals surface area contributed by atoms with E-state index in [-0.39, 0.29) is 0 Å². The van der Waals surface area contributed by atoms with Gasteiger partial charge >= 0.3 is 0 Å². The number of benzene rings is 5. The van der Waals surface area contributed by atoms with E-state index in [2.05, 4.69) is 120 Å². The molecule has 2 heteroatoms. The summed E-state index contributed by atoms with van der Waals surface area (Å²) in [5, 5.41) is 2.57. The van der Waals surface area contributed by atoms with Crippen molar-refractivity contribution >= 4 is 31.5 Å². The van der Waals surface area contributed by atoms with Gasteiger partial charge in [0.2, 0.25) is 0 Å². The second kappa shape index (κ2) is 7.99. The first kappa shape index (κ1) is 20.6. The summed E-state index contributed by atoms with van der Waals surface area (Å²) in [6.07, 6.45) is 3.86. The van der Waals surface area contributed by atoms with Crippen LogP contribution in [0.5, 0.6) is 0 Å². The molecule has 5 aromatic carbocycles. The van der Waals surface area contributed by atoms with E-state index in [1.807, 2.05) is 23.7 Å². The minimum absolute atomic E-state index is 1.23. The molecule has 0 unspecified atom stereocenters. The zero-order chi connectivity index (χ0) is 24.3. The maximum atomic E-state index is 4.32. The average molecular weight is 488 g/mol. The van der Waals surface area contributed by atoms with Crippen molar-refractivity contribution in [3.63, 3.8) is 0 Å². The highest BCUT2D eigenvalue weighted by atomic mass is 32.1. The fourth-order valence-corrected chi connectivity index (χ4v) is 6.90. The van der Waals surface area contributed by atoms with E-state index in [0.717, 1.165) is 0 Å². The smallest absolute Gasteiger partial charge is 0.0538 e.